The summed E-state index contributed by atoms with van der Waals surface area (Å²) in [5.41, 5.74) is 1.62. The molecule has 2 heterocycles. The van der Waals surface area contributed by atoms with Crippen LogP contribution in [0.5, 0.6) is 17.2 Å². The number of ketones is 1. The quantitative estimate of drug-likeness (QED) is 0.663. The number of aromatic hydroxyl groups is 2. The Kier molecular flexibility index (Phi) is 3.99. The fraction of sp³-hybridized carbons (Fsp3) is 0.350. The highest BCUT2D eigenvalue weighted by Gasteiger charge is 2.34. The fourth-order valence-corrected chi connectivity index (χ4v) is 3.76. The maximum Gasteiger partial charge on any atom is 0.199 e. The van der Waals surface area contributed by atoms with Gasteiger partial charge in [-0.05, 0) is 19.3 Å². The van der Waals surface area contributed by atoms with Crippen LogP contribution in [0.15, 0.2) is 30.3 Å². The second kappa shape index (κ2) is 6.31. The van der Waals surface area contributed by atoms with E-state index in [0.29, 0.717) is 35.6 Å². The van der Waals surface area contributed by atoms with Crippen LogP contribution in [0.4, 0.5) is 5.69 Å². The molecule has 130 valence electrons. The van der Waals surface area contributed by atoms with Crippen LogP contribution in [0.3, 0.4) is 0 Å². The van der Waals surface area contributed by atoms with E-state index in [9.17, 15) is 15.0 Å². The molecule has 2 N–H and O–H groups in total. The van der Waals surface area contributed by atoms with Gasteiger partial charge >= 0.3 is 0 Å². The molecule has 0 radical (unpaired) electrons. The zero-order chi connectivity index (χ0) is 17.4. The van der Waals surface area contributed by atoms with Crippen molar-refractivity contribution in [2.24, 2.45) is 0 Å². The van der Waals surface area contributed by atoms with Crippen molar-refractivity contribution >= 4 is 11.5 Å². The first-order chi connectivity index (χ1) is 12.2. The molecule has 1 fully saturated rings. The SMILES string of the molecule is O=C(c1ccccc1)c1c(O)c2c(c(O)c1N1CCCCC1)OCC2. The molecule has 2 aromatic rings. The van der Waals surface area contributed by atoms with Gasteiger partial charge in [-0.1, -0.05) is 30.3 Å². The molecular weight excluding hydrogens is 318 g/mol. The molecule has 0 unspecified atom stereocenters. The van der Waals surface area contributed by atoms with Crippen molar-refractivity contribution in [2.75, 3.05) is 24.6 Å². The van der Waals surface area contributed by atoms with Gasteiger partial charge in [0.25, 0.3) is 0 Å². The summed E-state index contributed by atoms with van der Waals surface area (Å²) in [5.74, 6) is -0.0300. The highest BCUT2D eigenvalue weighted by molar-refractivity contribution is 6.15. The van der Waals surface area contributed by atoms with Crippen LogP contribution in [-0.2, 0) is 6.42 Å². The van der Waals surface area contributed by atoms with Gasteiger partial charge in [-0.2, -0.15) is 0 Å². The van der Waals surface area contributed by atoms with Crippen molar-refractivity contribution in [1.82, 2.24) is 0 Å². The molecule has 5 heteroatoms. The monoisotopic (exact) mass is 339 g/mol. The lowest BCUT2D eigenvalue weighted by molar-refractivity contribution is 0.103. The van der Waals surface area contributed by atoms with Gasteiger partial charge in [-0.3, -0.25) is 4.79 Å². The Morgan fingerprint density at radius 2 is 1.72 bits per heavy atom. The van der Waals surface area contributed by atoms with E-state index >= 15 is 0 Å². The Bertz CT molecular complexity index is 810. The maximum atomic E-state index is 13.1. The van der Waals surface area contributed by atoms with Crippen LogP contribution in [0, 0.1) is 0 Å². The van der Waals surface area contributed by atoms with Crippen molar-refractivity contribution in [2.45, 2.75) is 25.7 Å². The van der Waals surface area contributed by atoms with Gasteiger partial charge in [-0.25, -0.2) is 0 Å². The first kappa shape index (κ1) is 15.8. The highest BCUT2D eigenvalue weighted by atomic mass is 16.5. The summed E-state index contributed by atoms with van der Waals surface area (Å²) >= 11 is 0. The second-order valence-electron chi connectivity index (χ2n) is 6.57. The van der Waals surface area contributed by atoms with Crippen molar-refractivity contribution in [3.8, 4) is 17.2 Å². The normalized spacial score (nSPS) is 16.4. The number of benzene rings is 2. The topological polar surface area (TPSA) is 70.0 Å². The number of hydrogen-bond donors (Lipinski definition) is 2. The molecule has 0 atom stereocenters. The summed E-state index contributed by atoms with van der Waals surface area (Å²) in [6.07, 6.45) is 3.62. The van der Waals surface area contributed by atoms with Gasteiger partial charge < -0.3 is 19.8 Å². The zero-order valence-electron chi connectivity index (χ0n) is 14.0. The Hall–Kier alpha value is -2.69. The second-order valence-corrected chi connectivity index (χ2v) is 6.57. The van der Waals surface area contributed by atoms with Gasteiger partial charge in [0.2, 0.25) is 0 Å². The molecule has 2 aromatic carbocycles. The molecule has 1 saturated heterocycles. The first-order valence-corrected chi connectivity index (χ1v) is 8.76. The predicted molar refractivity (Wildman–Crippen MR) is 94.9 cm³/mol. The van der Waals surface area contributed by atoms with Crippen LogP contribution < -0.4 is 9.64 Å². The number of phenols is 2. The summed E-state index contributed by atoms with van der Waals surface area (Å²) in [4.78, 5) is 15.1. The Morgan fingerprint density at radius 1 is 1.00 bits per heavy atom. The van der Waals surface area contributed by atoms with Crippen LogP contribution in [0.1, 0.15) is 40.7 Å². The lowest BCUT2D eigenvalue weighted by atomic mass is 9.94. The number of fused-ring (bicyclic) bond motifs is 1. The number of nitrogens with zero attached hydrogens (tertiary/aromatic N) is 1. The standard InChI is InChI=1S/C20H21NO4/c22-17(13-7-3-1-4-8-13)15-16(21-10-5-2-6-11-21)19(24)20-14(18(15)23)9-12-25-20/h1,3-4,7-8,23-24H,2,5-6,9-12H2. The number of anilines is 1. The van der Waals surface area contributed by atoms with E-state index < -0.39 is 0 Å². The van der Waals surface area contributed by atoms with Gasteiger partial charge in [0, 0.05) is 30.6 Å². The van der Waals surface area contributed by atoms with E-state index in [-0.39, 0.29) is 22.8 Å². The van der Waals surface area contributed by atoms with Crippen LogP contribution >= 0.6 is 0 Å². The molecule has 0 spiro atoms. The number of rotatable bonds is 3. The van der Waals surface area contributed by atoms with Crippen molar-refractivity contribution in [3.05, 3.63) is 47.0 Å². The molecule has 0 saturated carbocycles. The molecule has 0 aromatic heterocycles. The van der Waals surface area contributed by atoms with E-state index in [1.165, 1.54) is 0 Å². The van der Waals surface area contributed by atoms with Gasteiger partial charge in [0.1, 0.15) is 5.75 Å². The molecule has 2 aliphatic heterocycles. The molecule has 2 aliphatic rings. The summed E-state index contributed by atoms with van der Waals surface area (Å²) in [5, 5.41) is 21.7. The smallest absolute Gasteiger partial charge is 0.199 e. The number of hydrogen-bond acceptors (Lipinski definition) is 5. The molecule has 0 aliphatic carbocycles. The fourth-order valence-electron chi connectivity index (χ4n) is 3.76. The van der Waals surface area contributed by atoms with Gasteiger partial charge in [-0.15, -0.1) is 0 Å². The van der Waals surface area contributed by atoms with E-state index in [0.717, 1.165) is 32.4 Å². The minimum Gasteiger partial charge on any atom is -0.507 e. The van der Waals surface area contributed by atoms with E-state index in [1.54, 1.807) is 24.3 Å². The number of carbonyl (C=O) groups excluding carboxylic acids is 1. The molecule has 0 amide bonds. The Morgan fingerprint density at radius 3 is 2.44 bits per heavy atom. The van der Waals surface area contributed by atoms with Crippen LogP contribution in [0.25, 0.3) is 0 Å². The lowest BCUT2D eigenvalue weighted by Gasteiger charge is -2.31. The molecule has 4 rings (SSSR count). The Balaban J connectivity index is 1.92. The third-order valence-electron chi connectivity index (χ3n) is 5.01. The average molecular weight is 339 g/mol. The zero-order valence-corrected chi connectivity index (χ0v) is 14.0. The summed E-state index contributed by atoms with van der Waals surface area (Å²) in [7, 11) is 0. The van der Waals surface area contributed by atoms with Gasteiger partial charge in [0.15, 0.2) is 17.3 Å². The van der Waals surface area contributed by atoms with E-state index in [2.05, 4.69) is 0 Å². The first-order valence-electron chi connectivity index (χ1n) is 8.76. The largest absolute Gasteiger partial charge is 0.507 e. The van der Waals surface area contributed by atoms with Crippen molar-refractivity contribution in [3.63, 3.8) is 0 Å². The molecule has 25 heavy (non-hydrogen) atoms. The molecular formula is C20H21NO4. The van der Waals surface area contributed by atoms with E-state index in [4.69, 9.17) is 4.74 Å². The third kappa shape index (κ3) is 2.60. The minimum atomic E-state index is -0.274. The van der Waals surface area contributed by atoms with Crippen molar-refractivity contribution < 1.29 is 19.7 Å². The Labute approximate surface area is 146 Å². The predicted octanol–water partition coefficient (Wildman–Crippen LogP) is 3.25. The number of carbonyl (C=O) groups is 1. The minimum absolute atomic E-state index is 0.0218. The van der Waals surface area contributed by atoms with Crippen LogP contribution in [-0.4, -0.2) is 35.7 Å². The maximum absolute atomic E-state index is 13.1. The molecule has 0 bridgehead atoms. The summed E-state index contributed by atoms with van der Waals surface area (Å²) in [6.45, 7) is 1.90. The number of piperidine rings is 1. The summed E-state index contributed by atoms with van der Waals surface area (Å²) in [6, 6.07) is 8.88. The van der Waals surface area contributed by atoms with Crippen LogP contribution in [0.2, 0.25) is 0 Å². The lowest BCUT2D eigenvalue weighted by Crippen LogP contribution is -2.31. The average Bonchev–Trinajstić information content (AvgIpc) is 3.16. The number of ether oxygens (including phenoxy) is 1. The highest BCUT2D eigenvalue weighted by Crippen LogP contribution is 2.51. The number of phenolic OH excluding ortho intramolecular Hbond substituents is 2. The van der Waals surface area contributed by atoms with E-state index in [1.807, 2.05) is 11.0 Å². The van der Waals surface area contributed by atoms with Gasteiger partial charge in [0.05, 0.1) is 17.9 Å². The third-order valence-corrected chi connectivity index (χ3v) is 5.01. The molecule has 5 nitrogen and oxygen atoms in total. The van der Waals surface area contributed by atoms with Crippen molar-refractivity contribution in [1.29, 1.82) is 0 Å². The summed E-state index contributed by atoms with van der Waals surface area (Å²) < 4.78 is 5.53.